The topological polar surface area (TPSA) is 77.2 Å². The normalized spacial score (nSPS) is 10.7. The molecule has 0 aliphatic carbocycles. The summed E-state index contributed by atoms with van der Waals surface area (Å²) in [6, 6.07) is 7.44. The summed E-state index contributed by atoms with van der Waals surface area (Å²) in [6.45, 7) is 1.80. The number of hydrogen-bond acceptors (Lipinski definition) is 5. The molecule has 0 unspecified atom stereocenters. The van der Waals surface area contributed by atoms with E-state index in [1.165, 1.54) is 17.4 Å². The van der Waals surface area contributed by atoms with E-state index in [1.54, 1.807) is 20.1 Å². The number of nitrogen functional groups attached to an aromatic ring is 1. The molecule has 6 heteroatoms. The molecule has 0 aliphatic rings. The van der Waals surface area contributed by atoms with Crippen LogP contribution in [0.4, 0.5) is 10.1 Å². The van der Waals surface area contributed by atoms with Crippen molar-refractivity contribution < 1.29 is 9.53 Å². The Hall–Kier alpha value is -2.34. The number of ether oxygens (including phenoxy) is 1. The van der Waals surface area contributed by atoms with E-state index in [0.717, 1.165) is 17.0 Å². The molecule has 5 nitrogen and oxygen atoms in total. The van der Waals surface area contributed by atoms with Crippen LogP contribution in [0.1, 0.15) is 11.3 Å². The van der Waals surface area contributed by atoms with Gasteiger partial charge in [0, 0.05) is 6.08 Å². The molecule has 0 saturated carbocycles. The first-order valence-electron chi connectivity index (χ1n) is 5.94. The molecule has 0 spiro atoms. The highest BCUT2D eigenvalue weighted by molar-refractivity contribution is 7.19. The van der Waals surface area contributed by atoms with Crippen molar-refractivity contribution in [2.75, 3.05) is 18.2 Å². The van der Waals surface area contributed by atoms with Crippen molar-refractivity contribution in [3.8, 4) is 5.75 Å². The van der Waals surface area contributed by atoms with E-state index in [1.807, 2.05) is 24.3 Å². The summed E-state index contributed by atoms with van der Waals surface area (Å²) >= 11 is 1.25. The molecule has 0 fully saturated rings. The minimum Gasteiger partial charge on any atom is -0.497 e. The predicted molar refractivity (Wildman–Crippen MR) is 81.9 cm³/mol. The van der Waals surface area contributed by atoms with E-state index < -0.39 is 0 Å². The first kappa shape index (κ1) is 14.1. The van der Waals surface area contributed by atoms with Crippen LogP contribution in [0.15, 0.2) is 30.3 Å². The highest BCUT2D eigenvalue weighted by Gasteiger charge is 2.05. The Morgan fingerprint density at radius 2 is 2.30 bits per heavy atom. The van der Waals surface area contributed by atoms with Crippen molar-refractivity contribution in [2.24, 2.45) is 0 Å². The lowest BCUT2D eigenvalue weighted by atomic mass is 10.2. The van der Waals surface area contributed by atoms with Crippen molar-refractivity contribution in [3.05, 3.63) is 41.6 Å². The number of rotatable bonds is 4. The van der Waals surface area contributed by atoms with Gasteiger partial charge in [0.2, 0.25) is 5.91 Å². The van der Waals surface area contributed by atoms with E-state index in [4.69, 9.17) is 10.5 Å². The van der Waals surface area contributed by atoms with E-state index in [-0.39, 0.29) is 5.91 Å². The third kappa shape index (κ3) is 3.58. The zero-order chi connectivity index (χ0) is 14.5. The van der Waals surface area contributed by atoms with Crippen molar-refractivity contribution in [1.82, 2.24) is 4.98 Å². The van der Waals surface area contributed by atoms with Crippen LogP contribution in [0.25, 0.3) is 6.08 Å². The van der Waals surface area contributed by atoms with Crippen molar-refractivity contribution in [2.45, 2.75) is 6.92 Å². The van der Waals surface area contributed by atoms with Crippen LogP contribution in [0.3, 0.4) is 0 Å². The number of amides is 1. The first-order chi connectivity index (χ1) is 9.58. The van der Waals surface area contributed by atoms with Gasteiger partial charge < -0.3 is 10.5 Å². The standard InChI is InChI=1S/C14H15N3O2S/c1-9-13(15)20-14(16-9)17-12(18)7-6-10-4-3-5-11(8-10)19-2/h3-8H,15H2,1-2H3,(H,16,17,18)/b7-6+. The van der Waals surface area contributed by atoms with Crippen LogP contribution in [0, 0.1) is 6.92 Å². The van der Waals surface area contributed by atoms with Crippen molar-refractivity contribution >= 4 is 33.5 Å². The second-order valence-corrected chi connectivity index (χ2v) is 5.10. The Labute approximate surface area is 121 Å². The van der Waals surface area contributed by atoms with E-state index in [2.05, 4.69) is 10.3 Å². The molecule has 3 N–H and O–H groups in total. The number of hydrogen-bond donors (Lipinski definition) is 2. The second kappa shape index (κ2) is 6.21. The highest BCUT2D eigenvalue weighted by Crippen LogP contribution is 2.24. The van der Waals surface area contributed by atoms with Gasteiger partial charge in [0.15, 0.2) is 5.13 Å². The smallest absolute Gasteiger partial charge is 0.250 e. The van der Waals surface area contributed by atoms with Crippen LogP contribution < -0.4 is 15.8 Å². The van der Waals surface area contributed by atoms with Gasteiger partial charge in [0.05, 0.1) is 12.8 Å². The van der Waals surface area contributed by atoms with Gasteiger partial charge in [-0.15, -0.1) is 0 Å². The minimum absolute atomic E-state index is 0.249. The number of methoxy groups -OCH3 is 1. The van der Waals surface area contributed by atoms with Crippen molar-refractivity contribution in [1.29, 1.82) is 0 Å². The van der Waals surface area contributed by atoms with Crippen LogP contribution in [0.5, 0.6) is 5.75 Å². The monoisotopic (exact) mass is 289 g/mol. The lowest BCUT2D eigenvalue weighted by Gasteiger charge is -2.00. The lowest BCUT2D eigenvalue weighted by Crippen LogP contribution is -2.07. The quantitative estimate of drug-likeness (QED) is 0.848. The molecule has 1 amide bonds. The number of carbonyl (C=O) groups is 1. The fourth-order valence-corrected chi connectivity index (χ4v) is 2.26. The van der Waals surface area contributed by atoms with Gasteiger partial charge in [0.25, 0.3) is 0 Å². The maximum absolute atomic E-state index is 11.8. The molecule has 104 valence electrons. The number of benzene rings is 1. The number of nitrogens with two attached hydrogens (primary N) is 1. The summed E-state index contributed by atoms with van der Waals surface area (Å²) in [5, 5.41) is 3.78. The highest BCUT2D eigenvalue weighted by atomic mass is 32.1. The molecular weight excluding hydrogens is 274 g/mol. The fourth-order valence-electron chi connectivity index (χ4n) is 1.53. The largest absolute Gasteiger partial charge is 0.497 e. The molecule has 0 aliphatic heterocycles. The van der Waals surface area contributed by atoms with Crippen LogP contribution in [0.2, 0.25) is 0 Å². The van der Waals surface area contributed by atoms with Gasteiger partial charge in [-0.25, -0.2) is 4.98 Å². The molecule has 1 heterocycles. The maximum Gasteiger partial charge on any atom is 0.250 e. The molecule has 20 heavy (non-hydrogen) atoms. The molecule has 1 aromatic heterocycles. The molecule has 0 bridgehead atoms. The number of nitrogens with zero attached hydrogens (tertiary/aromatic N) is 1. The third-order valence-electron chi connectivity index (χ3n) is 2.58. The molecular formula is C14H15N3O2S. The number of thiazole rings is 1. The van der Waals surface area contributed by atoms with Crippen LogP contribution in [-0.2, 0) is 4.79 Å². The summed E-state index contributed by atoms with van der Waals surface area (Å²) in [4.78, 5) is 15.9. The van der Waals surface area contributed by atoms with Gasteiger partial charge in [0.1, 0.15) is 10.8 Å². The van der Waals surface area contributed by atoms with Gasteiger partial charge in [-0.2, -0.15) is 0 Å². The summed E-state index contributed by atoms with van der Waals surface area (Å²) in [7, 11) is 1.60. The summed E-state index contributed by atoms with van der Waals surface area (Å²) in [6.07, 6.45) is 3.16. The summed E-state index contributed by atoms with van der Waals surface area (Å²) in [5.41, 5.74) is 7.29. The maximum atomic E-state index is 11.8. The number of aryl methyl sites for hydroxylation is 1. The Balaban J connectivity index is 2.01. The van der Waals surface area contributed by atoms with Crippen molar-refractivity contribution in [3.63, 3.8) is 0 Å². The molecule has 0 radical (unpaired) electrons. The number of nitrogens with one attached hydrogen (secondary N) is 1. The zero-order valence-corrected chi connectivity index (χ0v) is 12.0. The second-order valence-electron chi connectivity index (χ2n) is 4.07. The van der Waals surface area contributed by atoms with E-state index in [9.17, 15) is 4.79 Å². The van der Waals surface area contributed by atoms with Gasteiger partial charge in [-0.1, -0.05) is 23.5 Å². The average Bonchev–Trinajstić information content (AvgIpc) is 2.75. The minimum atomic E-state index is -0.249. The Bertz CT molecular complexity index is 630. The lowest BCUT2D eigenvalue weighted by molar-refractivity contribution is -0.111. The Morgan fingerprint density at radius 1 is 1.50 bits per heavy atom. The summed E-state index contributed by atoms with van der Waals surface area (Å²) < 4.78 is 5.12. The molecule has 0 atom stereocenters. The SMILES string of the molecule is COc1cccc(/C=C/C(=O)Nc2nc(C)c(N)s2)c1. The fraction of sp³-hybridized carbons (Fsp3) is 0.143. The van der Waals surface area contributed by atoms with Gasteiger partial charge in [-0.05, 0) is 30.7 Å². The van der Waals surface area contributed by atoms with E-state index in [0.29, 0.717) is 10.1 Å². The molecule has 0 saturated heterocycles. The Kier molecular flexibility index (Phi) is 4.37. The molecule has 1 aromatic carbocycles. The average molecular weight is 289 g/mol. The van der Waals surface area contributed by atoms with E-state index >= 15 is 0 Å². The molecule has 2 rings (SSSR count). The number of aromatic nitrogens is 1. The number of carbonyl (C=O) groups excluding carboxylic acids is 1. The first-order valence-corrected chi connectivity index (χ1v) is 6.76. The summed E-state index contributed by atoms with van der Waals surface area (Å²) in [5.74, 6) is 0.498. The van der Waals surface area contributed by atoms with Crippen LogP contribution >= 0.6 is 11.3 Å². The van der Waals surface area contributed by atoms with Crippen LogP contribution in [-0.4, -0.2) is 18.0 Å². The van der Waals surface area contributed by atoms with Gasteiger partial charge >= 0.3 is 0 Å². The predicted octanol–water partition coefficient (Wildman–Crippen LogP) is 2.69. The number of anilines is 2. The third-order valence-corrected chi connectivity index (χ3v) is 3.49. The van der Waals surface area contributed by atoms with Gasteiger partial charge in [-0.3, -0.25) is 10.1 Å². The molecule has 2 aromatic rings. The zero-order valence-electron chi connectivity index (χ0n) is 11.2. The Morgan fingerprint density at radius 3 is 2.95 bits per heavy atom.